The largest absolute Gasteiger partial charge is 0.481 e. The number of hydrogen-bond donors (Lipinski definition) is 3. The van der Waals surface area contributed by atoms with Gasteiger partial charge in [-0.05, 0) is 25.7 Å². The normalized spacial score (nSPS) is 12.9. The van der Waals surface area contributed by atoms with E-state index in [1.54, 1.807) is 0 Å². The molecule has 0 fully saturated rings. The maximum Gasteiger partial charge on any atom is 0.321 e. The summed E-state index contributed by atoms with van der Waals surface area (Å²) in [5.74, 6) is -0.933. The fourth-order valence-electron chi connectivity index (χ4n) is 1.18. The molecular formula is C13H24N2O4. The molecule has 0 rings (SSSR count). The lowest BCUT2D eigenvalue weighted by Gasteiger charge is -2.19. The second kappa shape index (κ2) is 7.11. The van der Waals surface area contributed by atoms with Crippen molar-refractivity contribution in [2.45, 2.75) is 41.0 Å². The lowest BCUT2D eigenvalue weighted by molar-refractivity contribution is -0.149. The van der Waals surface area contributed by atoms with Gasteiger partial charge in [0, 0.05) is 13.0 Å². The Morgan fingerprint density at radius 1 is 1.16 bits per heavy atom. The highest BCUT2D eigenvalue weighted by Crippen LogP contribution is 2.19. The molecule has 6 nitrogen and oxygen atoms in total. The van der Waals surface area contributed by atoms with Crippen molar-refractivity contribution in [1.82, 2.24) is 10.6 Å². The molecule has 1 atom stereocenters. The zero-order chi connectivity index (χ0) is 15.2. The standard InChI is InChI=1S/C13H24N2O4/c1-8(2)9(3)7-14-12(19)15-10(16)6-13(4,5)11(17)18/h8-9H,6-7H2,1-5H3,(H,17,18)(H2,14,15,16,19). The number of carbonyl (C=O) groups excluding carboxylic acids is 2. The third-order valence-electron chi connectivity index (χ3n) is 3.16. The Morgan fingerprint density at radius 3 is 2.11 bits per heavy atom. The number of amides is 3. The fraction of sp³-hybridized carbons (Fsp3) is 0.769. The molecule has 0 bridgehead atoms. The summed E-state index contributed by atoms with van der Waals surface area (Å²) in [5.41, 5.74) is -1.18. The Morgan fingerprint density at radius 2 is 1.68 bits per heavy atom. The van der Waals surface area contributed by atoms with Gasteiger partial charge in [0.2, 0.25) is 5.91 Å². The maximum absolute atomic E-state index is 11.5. The zero-order valence-corrected chi connectivity index (χ0v) is 12.2. The van der Waals surface area contributed by atoms with Crippen LogP contribution < -0.4 is 10.6 Å². The summed E-state index contributed by atoms with van der Waals surface area (Å²) in [6.45, 7) is 9.44. The Kier molecular flexibility index (Phi) is 6.52. The Bertz CT molecular complexity index is 351. The SMILES string of the molecule is CC(C)C(C)CNC(=O)NC(=O)CC(C)(C)C(=O)O. The molecule has 6 heteroatoms. The van der Waals surface area contributed by atoms with Gasteiger partial charge in [0.15, 0.2) is 0 Å². The summed E-state index contributed by atoms with van der Waals surface area (Å²) in [6, 6.07) is -0.585. The van der Waals surface area contributed by atoms with Gasteiger partial charge < -0.3 is 10.4 Å². The lowest BCUT2D eigenvalue weighted by atomic mass is 9.89. The van der Waals surface area contributed by atoms with Gasteiger partial charge in [0.05, 0.1) is 5.41 Å². The van der Waals surface area contributed by atoms with Crippen LogP contribution in [0.5, 0.6) is 0 Å². The summed E-state index contributed by atoms with van der Waals surface area (Å²) in [6.07, 6.45) is -0.241. The summed E-state index contributed by atoms with van der Waals surface area (Å²) >= 11 is 0. The van der Waals surface area contributed by atoms with Crippen LogP contribution in [0.2, 0.25) is 0 Å². The number of urea groups is 1. The van der Waals surface area contributed by atoms with Crippen molar-refractivity contribution in [3.63, 3.8) is 0 Å². The number of imide groups is 1. The highest BCUT2D eigenvalue weighted by molar-refractivity contribution is 5.96. The number of aliphatic carboxylic acids is 1. The number of nitrogens with one attached hydrogen (secondary N) is 2. The van der Waals surface area contributed by atoms with Crippen LogP contribution in [-0.4, -0.2) is 29.6 Å². The molecule has 110 valence electrons. The van der Waals surface area contributed by atoms with Gasteiger partial charge in [-0.2, -0.15) is 0 Å². The van der Waals surface area contributed by atoms with E-state index < -0.39 is 23.3 Å². The van der Waals surface area contributed by atoms with E-state index in [2.05, 4.69) is 10.6 Å². The molecule has 1 unspecified atom stereocenters. The molecule has 0 aliphatic rings. The first kappa shape index (κ1) is 17.4. The molecule has 0 aliphatic carbocycles. The molecule has 0 heterocycles. The second-order valence-electron chi connectivity index (χ2n) is 5.85. The van der Waals surface area contributed by atoms with E-state index in [-0.39, 0.29) is 6.42 Å². The Labute approximate surface area is 113 Å². The molecular weight excluding hydrogens is 248 g/mol. The van der Waals surface area contributed by atoms with Crippen LogP contribution in [0.25, 0.3) is 0 Å². The van der Waals surface area contributed by atoms with Crippen LogP contribution in [0.3, 0.4) is 0 Å². The molecule has 0 spiro atoms. The summed E-state index contributed by atoms with van der Waals surface area (Å²) in [7, 11) is 0. The molecule has 19 heavy (non-hydrogen) atoms. The van der Waals surface area contributed by atoms with E-state index in [9.17, 15) is 14.4 Å². The molecule has 0 radical (unpaired) electrons. The minimum absolute atomic E-state index is 0.241. The average Bonchev–Trinajstić information content (AvgIpc) is 2.24. The van der Waals surface area contributed by atoms with Crippen molar-refractivity contribution in [3.05, 3.63) is 0 Å². The molecule has 0 aromatic rings. The molecule has 0 saturated heterocycles. The van der Waals surface area contributed by atoms with Crippen LogP contribution in [-0.2, 0) is 9.59 Å². The number of hydrogen-bond acceptors (Lipinski definition) is 3. The molecule has 0 aromatic carbocycles. The summed E-state index contributed by atoms with van der Waals surface area (Å²) < 4.78 is 0. The zero-order valence-electron chi connectivity index (χ0n) is 12.2. The smallest absolute Gasteiger partial charge is 0.321 e. The first-order valence-corrected chi connectivity index (χ1v) is 6.37. The van der Waals surface area contributed by atoms with Gasteiger partial charge in [0.1, 0.15) is 0 Å². The van der Waals surface area contributed by atoms with Crippen LogP contribution in [0.1, 0.15) is 41.0 Å². The third kappa shape index (κ3) is 6.79. The highest BCUT2D eigenvalue weighted by atomic mass is 16.4. The summed E-state index contributed by atoms with van der Waals surface area (Å²) in [5, 5.41) is 13.6. The maximum atomic E-state index is 11.5. The molecule has 3 N–H and O–H groups in total. The summed E-state index contributed by atoms with van der Waals surface area (Å²) in [4.78, 5) is 33.8. The third-order valence-corrected chi connectivity index (χ3v) is 3.16. The minimum atomic E-state index is -1.18. The van der Waals surface area contributed by atoms with Crippen molar-refractivity contribution in [3.8, 4) is 0 Å². The van der Waals surface area contributed by atoms with Crippen molar-refractivity contribution in [2.24, 2.45) is 17.3 Å². The quantitative estimate of drug-likeness (QED) is 0.684. The van der Waals surface area contributed by atoms with Crippen molar-refractivity contribution in [2.75, 3.05) is 6.54 Å². The van der Waals surface area contributed by atoms with Crippen LogP contribution in [0.15, 0.2) is 0 Å². The van der Waals surface area contributed by atoms with Crippen LogP contribution in [0, 0.1) is 17.3 Å². The number of rotatable bonds is 6. The van der Waals surface area contributed by atoms with Gasteiger partial charge in [-0.25, -0.2) is 4.79 Å². The van der Waals surface area contributed by atoms with E-state index in [0.717, 1.165) is 0 Å². The van der Waals surface area contributed by atoms with E-state index in [1.165, 1.54) is 13.8 Å². The Balaban J connectivity index is 4.14. The van der Waals surface area contributed by atoms with Gasteiger partial charge >= 0.3 is 12.0 Å². The van der Waals surface area contributed by atoms with Crippen molar-refractivity contribution < 1.29 is 19.5 Å². The second-order valence-corrected chi connectivity index (χ2v) is 5.85. The number of carbonyl (C=O) groups is 3. The van der Waals surface area contributed by atoms with Gasteiger partial charge in [0.25, 0.3) is 0 Å². The topological polar surface area (TPSA) is 95.5 Å². The van der Waals surface area contributed by atoms with E-state index in [0.29, 0.717) is 18.4 Å². The first-order valence-electron chi connectivity index (χ1n) is 6.37. The lowest BCUT2D eigenvalue weighted by Crippen LogP contribution is -2.43. The molecule has 0 saturated carbocycles. The first-order chi connectivity index (χ1) is 8.56. The van der Waals surface area contributed by atoms with E-state index >= 15 is 0 Å². The van der Waals surface area contributed by atoms with Crippen molar-refractivity contribution in [1.29, 1.82) is 0 Å². The number of carboxylic acids is 1. The monoisotopic (exact) mass is 272 g/mol. The molecule has 3 amide bonds. The minimum Gasteiger partial charge on any atom is -0.481 e. The Hall–Kier alpha value is -1.59. The molecule has 0 aliphatic heterocycles. The van der Waals surface area contributed by atoms with E-state index in [4.69, 9.17) is 5.11 Å². The van der Waals surface area contributed by atoms with Gasteiger partial charge in [-0.15, -0.1) is 0 Å². The average molecular weight is 272 g/mol. The fourth-order valence-corrected chi connectivity index (χ4v) is 1.18. The van der Waals surface area contributed by atoms with Gasteiger partial charge in [-0.1, -0.05) is 20.8 Å². The number of carboxylic acid groups (broad SMARTS) is 1. The predicted molar refractivity (Wildman–Crippen MR) is 71.6 cm³/mol. The van der Waals surface area contributed by atoms with Crippen molar-refractivity contribution >= 4 is 17.9 Å². The van der Waals surface area contributed by atoms with E-state index in [1.807, 2.05) is 20.8 Å². The predicted octanol–water partition coefficient (Wildman–Crippen LogP) is 1.61. The highest BCUT2D eigenvalue weighted by Gasteiger charge is 2.30. The van der Waals surface area contributed by atoms with Crippen LogP contribution in [0.4, 0.5) is 4.79 Å². The van der Waals surface area contributed by atoms with Gasteiger partial charge in [-0.3, -0.25) is 14.9 Å². The van der Waals surface area contributed by atoms with Crippen LogP contribution >= 0.6 is 0 Å². The molecule has 0 aromatic heterocycles.